The summed E-state index contributed by atoms with van der Waals surface area (Å²) in [6, 6.07) is 8.41. The first-order valence-corrected chi connectivity index (χ1v) is 8.23. The summed E-state index contributed by atoms with van der Waals surface area (Å²) in [5, 5.41) is 15.8. The first-order chi connectivity index (χ1) is 10.9. The van der Waals surface area contributed by atoms with Crippen LogP contribution < -0.4 is 0 Å². The minimum Gasteiger partial charge on any atom is -0.383 e. The molecule has 2 aromatic rings. The van der Waals surface area contributed by atoms with Crippen molar-refractivity contribution in [3.05, 3.63) is 53.6 Å². The molecule has 122 valence electrons. The van der Waals surface area contributed by atoms with Gasteiger partial charge in [-0.25, -0.2) is 9.67 Å². The van der Waals surface area contributed by atoms with Crippen LogP contribution in [0.3, 0.4) is 0 Å². The molecule has 0 aliphatic heterocycles. The van der Waals surface area contributed by atoms with Gasteiger partial charge >= 0.3 is 0 Å². The summed E-state index contributed by atoms with van der Waals surface area (Å²) in [4.78, 5) is 4.01. The van der Waals surface area contributed by atoms with Crippen LogP contribution in [0, 0.1) is 12.3 Å². The highest BCUT2D eigenvalue weighted by atomic mass is 16.3. The van der Waals surface area contributed by atoms with E-state index in [1.165, 1.54) is 11.9 Å². The second-order valence-electron chi connectivity index (χ2n) is 7.27. The molecule has 0 spiro atoms. The Kier molecular flexibility index (Phi) is 4.11. The van der Waals surface area contributed by atoms with Crippen molar-refractivity contribution >= 4 is 6.08 Å². The van der Waals surface area contributed by atoms with E-state index in [1.807, 2.05) is 0 Å². The zero-order valence-electron chi connectivity index (χ0n) is 14.2. The molecule has 1 aromatic heterocycles. The van der Waals surface area contributed by atoms with Gasteiger partial charge in [-0.05, 0) is 42.7 Å². The number of rotatable bonds is 3. The van der Waals surface area contributed by atoms with Gasteiger partial charge in [-0.15, -0.1) is 0 Å². The number of hydrogen-bond acceptors (Lipinski definition) is 3. The fourth-order valence-electron chi connectivity index (χ4n) is 3.59. The lowest BCUT2D eigenvalue weighted by Gasteiger charge is -2.48. The second kappa shape index (κ2) is 5.93. The van der Waals surface area contributed by atoms with Crippen LogP contribution in [0.2, 0.25) is 0 Å². The van der Waals surface area contributed by atoms with Gasteiger partial charge in [0.15, 0.2) is 0 Å². The molecule has 1 unspecified atom stereocenters. The summed E-state index contributed by atoms with van der Waals surface area (Å²) < 4.78 is 1.73. The molecule has 0 amide bonds. The van der Waals surface area contributed by atoms with Gasteiger partial charge in [0.2, 0.25) is 0 Å². The predicted molar refractivity (Wildman–Crippen MR) is 91.8 cm³/mol. The molecule has 1 aliphatic carbocycles. The molecule has 4 nitrogen and oxygen atoms in total. The predicted octanol–water partition coefficient (Wildman–Crippen LogP) is 3.61. The minimum absolute atomic E-state index is 0.202. The van der Waals surface area contributed by atoms with E-state index in [4.69, 9.17) is 0 Å². The summed E-state index contributed by atoms with van der Waals surface area (Å²) in [6.07, 6.45) is 8.37. The van der Waals surface area contributed by atoms with Gasteiger partial charge in [0.25, 0.3) is 0 Å². The Balaban J connectivity index is 2.02. The zero-order chi connectivity index (χ0) is 16.5. The molecule has 3 rings (SSSR count). The second-order valence-corrected chi connectivity index (χ2v) is 7.27. The molecule has 23 heavy (non-hydrogen) atoms. The Morgan fingerprint density at radius 1 is 1.35 bits per heavy atom. The van der Waals surface area contributed by atoms with Gasteiger partial charge in [0, 0.05) is 0 Å². The number of nitrogens with zero attached hydrogens (tertiary/aromatic N) is 3. The quantitative estimate of drug-likeness (QED) is 0.942. The fraction of sp³-hybridized carbons (Fsp3) is 0.474. The SMILES string of the molecule is Cc1cccc(/C=C2\CCCC(C)(C)C2(O)Cn2cncn2)c1. The average molecular weight is 311 g/mol. The topological polar surface area (TPSA) is 50.9 Å². The summed E-state index contributed by atoms with van der Waals surface area (Å²) >= 11 is 0. The highest BCUT2D eigenvalue weighted by Crippen LogP contribution is 2.48. The van der Waals surface area contributed by atoms with Crippen LogP contribution in [0.5, 0.6) is 0 Å². The largest absolute Gasteiger partial charge is 0.383 e. The number of hydrogen-bond donors (Lipinski definition) is 1. The lowest BCUT2D eigenvalue weighted by atomic mass is 9.62. The van der Waals surface area contributed by atoms with Gasteiger partial charge in [0.05, 0.1) is 6.54 Å². The smallest absolute Gasteiger partial charge is 0.137 e. The lowest BCUT2D eigenvalue weighted by Crippen LogP contribution is -2.52. The normalized spacial score (nSPS) is 25.7. The van der Waals surface area contributed by atoms with Gasteiger partial charge in [-0.2, -0.15) is 5.10 Å². The number of aryl methyl sites for hydroxylation is 1. The minimum atomic E-state index is -0.914. The third-order valence-electron chi connectivity index (χ3n) is 5.14. The van der Waals surface area contributed by atoms with Crippen molar-refractivity contribution in [2.24, 2.45) is 5.41 Å². The maximum absolute atomic E-state index is 11.6. The maximum Gasteiger partial charge on any atom is 0.137 e. The summed E-state index contributed by atoms with van der Waals surface area (Å²) in [5.41, 5.74) is 2.36. The summed E-state index contributed by atoms with van der Waals surface area (Å²) in [7, 11) is 0. The zero-order valence-corrected chi connectivity index (χ0v) is 14.2. The number of aromatic nitrogens is 3. The van der Waals surface area contributed by atoms with Gasteiger partial charge in [-0.1, -0.05) is 49.8 Å². The van der Waals surface area contributed by atoms with E-state index in [0.29, 0.717) is 6.54 Å². The van der Waals surface area contributed by atoms with Crippen LogP contribution in [0.1, 0.15) is 44.2 Å². The van der Waals surface area contributed by atoms with E-state index in [-0.39, 0.29) is 5.41 Å². The molecule has 1 saturated carbocycles. The van der Waals surface area contributed by atoms with Crippen LogP contribution in [-0.2, 0) is 6.54 Å². The molecular weight excluding hydrogens is 286 g/mol. The van der Waals surface area contributed by atoms with Crippen molar-refractivity contribution in [3.63, 3.8) is 0 Å². The number of aliphatic hydroxyl groups is 1. The van der Waals surface area contributed by atoms with Crippen LogP contribution in [0.25, 0.3) is 6.08 Å². The van der Waals surface area contributed by atoms with Crippen molar-refractivity contribution < 1.29 is 5.11 Å². The summed E-state index contributed by atoms with van der Waals surface area (Å²) in [6.45, 7) is 6.83. The van der Waals surface area contributed by atoms with Crippen LogP contribution >= 0.6 is 0 Å². The molecule has 0 radical (unpaired) electrons. The van der Waals surface area contributed by atoms with Crippen LogP contribution in [-0.4, -0.2) is 25.5 Å². The molecule has 0 bridgehead atoms. The van der Waals surface area contributed by atoms with E-state index in [9.17, 15) is 5.11 Å². The van der Waals surface area contributed by atoms with E-state index in [2.05, 4.69) is 61.2 Å². The van der Waals surface area contributed by atoms with E-state index < -0.39 is 5.60 Å². The molecule has 4 heteroatoms. The van der Waals surface area contributed by atoms with Crippen LogP contribution in [0.4, 0.5) is 0 Å². The molecule has 1 N–H and O–H groups in total. The van der Waals surface area contributed by atoms with Crippen LogP contribution in [0.15, 0.2) is 42.5 Å². The Morgan fingerprint density at radius 3 is 2.87 bits per heavy atom. The van der Waals surface area contributed by atoms with Gasteiger partial charge in [-0.3, -0.25) is 0 Å². The Labute approximate surface area is 137 Å². The van der Waals surface area contributed by atoms with E-state index >= 15 is 0 Å². The molecule has 1 fully saturated rings. The molecule has 1 heterocycles. The lowest BCUT2D eigenvalue weighted by molar-refractivity contribution is -0.0692. The third kappa shape index (κ3) is 3.08. The molecule has 1 aromatic carbocycles. The standard InChI is InChI=1S/C19H25N3O/c1-15-6-4-7-16(10-15)11-17-8-5-9-18(2,3)19(17,23)12-22-14-20-13-21-22/h4,6-7,10-11,13-14,23H,5,8-9,12H2,1-3H3/b17-11+. The van der Waals surface area contributed by atoms with Crippen molar-refractivity contribution in [3.8, 4) is 0 Å². The number of benzene rings is 1. The fourth-order valence-corrected chi connectivity index (χ4v) is 3.59. The molecule has 1 aliphatic rings. The summed E-state index contributed by atoms with van der Waals surface area (Å²) in [5.74, 6) is 0. The monoisotopic (exact) mass is 311 g/mol. The Morgan fingerprint density at radius 2 is 2.17 bits per heavy atom. The van der Waals surface area contributed by atoms with Crippen molar-refractivity contribution in [1.82, 2.24) is 14.8 Å². The van der Waals surface area contributed by atoms with Crippen molar-refractivity contribution in [2.45, 2.75) is 52.2 Å². The Bertz CT molecular complexity index is 703. The molecular formula is C19H25N3O. The first kappa shape index (κ1) is 15.9. The van der Waals surface area contributed by atoms with Crippen molar-refractivity contribution in [2.75, 3.05) is 0 Å². The first-order valence-electron chi connectivity index (χ1n) is 8.23. The van der Waals surface area contributed by atoms with Gasteiger partial charge < -0.3 is 5.11 Å². The highest BCUT2D eigenvalue weighted by Gasteiger charge is 2.48. The third-order valence-corrected chi connectivity index (χ3v) is 5.14. The van der Waals surface area contributed by atoms with Crippen molar-refractivity contribution in [1.29, 1.82) is 0 Å². The van der Waals surface area contributed by atoms with E-state index in [1.54, 1.807) is 11.0 Å². The maximum atomic E-state index is 11.6. The molecule has 0 saturated heterocycles. The molecule has 1 atom stereocenters. The average Bonchev–Trinajstić information content (AvgIpc) is 2.97. The van der Waals surface area contributed by atoms with Gasteiger partial charge in [0.1, 0.15) is 18.3 Å². The Hall–Kier alpha value is -1.94. The van der Waals surface area contributed by atoms with E-state index in [0.717, 1.165) is 30.4 Å². The highest BCUT2D eigenvalue weighted by molar-refractivity contribution is 5.56.